The van der Waals surface area contributed by atoms with Crippen molar-refractivity contribution in [2.24, 2.45) is 0 Å². The summed E-state index contributed by atoms with van der Waals surface area (Å²) in [7, 11) is 0. The van der Waals surface area contributed by atoms with Gasteiger partial charge in [-0.2, -0.15) is 11.8 Å². The van der Waals surface area contributed by atoms with Crippen LogP contribution in [0, 0.1) is 6.92 Å². The van der Waals surface area contributed by atoms with Crippen molar-refractivity contribution < 1.29 is 0 Å². The van der Waals surface area contributed by atoms with Crippen molar-refractivity contribution in [3.8, 4) is 0 Å². The SMILES string of the molecule is [CH2]CCSCC(C)=C(C)C. The van der Waals surface area contributed by atoms with Gasteiger partial charge in [-0.3, -0.25) is 0 Å². The van der Waals surface area contributed by atoms with Gasteiger partial charge in [-0.05, 0) is 32.9 Å². The van der Waals surface area contributed by atoms with Gasteiger partial charge < -0.3 is 0 Å². The standard InChI is InChI=1S/C9H17S/c1-5-6-10-7-9(4)8(2)3/h1,5-7H2,2-4H3. The van der Waals surface area contributed by atoms with E-state index in [0.29, 0.717) is 0 Å². The Morgan fingerprint density at radius 3 is 2.30 bits per heavy atom. The summed E-state index contributed by atoms with van der Waals surface area (Å²) in [6, 6.07) is 0. The zero-order valence-corrected chi connectivity index (χ0v) is 8.05. The van der Waals surface area contributed by atoms with Crippen LogP contribution in [0.15, 0.2) is 11.1 Å². The van der Waals surface area contributed by atoms with Crippen LogP contribution in [0.3, 0.4) is 0 Å². The third-order valence-electron chi connectivity index (χ3n) is 1.46. The first kappa shape index (κ1) is 10.1. The molecule has 1 radical (unpaired) electrons. The quantitative estimate of drug-likeness (QED) is 0.445. The Morgan fingerprint density at radius 1 is 1.30 bits per heavy atom. The molecular formula is C9H17S. The molecule has 0 N–H and O–H groups in total. The topological polar surface area (TPSA) is 0 Å². The molecule has 0 nitrogen and oxygen atoms in total. The molecule has 0 atom stereocenters. The molecule has 0 aliphatic heterocycles. The third-order valence-corrected chi connectivity index (χ3v) is 2.68. The van der Waals surface area contributed by atoms with E-state index in [-0.39, 0.29) is 0 Å². The molecule has 0 spiro atoms. The van der Waals surface area contributed by atoms with Crippen molar-refractivity contribution in [2.75, 3.05) is 11.5 Å². The highest BCUT2D eigenvalue weighted by Crippen LogP contribution is 2.11. The second kappa shape index (κ2) is 5.84. The summed E-state index contributed by atoms with van der Waals surface area (Å²) in [5.74, 6) is 2.36. The molecule has 0 bridgehead atoms. The molecule has 0 aromatic rings. The maximum Gasteiger partial charge on any atom is 0.0143 e. The average Bonchev–Trinajstić information content (AvgIpc) is 1.88. The molecule has 0 amide bonds. The van der Waals surface area contributed by atoms with Crippen molar-refractivity contribution in [3.05, 3.63) is 18.1 Å². The Bertz CT molecular complexity index is 110. The monoisotopic (exact) mass is 157 g/mol. The summed E-state index contributed by atoms with van der Waals surface area (Å²) in [6.45, 7) is 10.3. The van der Waals surface area contributed by atoms with Crippen molar-refractivity contribution in [1.29, 1.82) is 0 Å². The Kier molecular flexibility index (Phi) is 5.90. The molecule has 59 valence electrons. The van der Waals surface area contributed by atoms with Gasteiger partial charge in [0.25, 0.3) is 0 Å². The van der Waals surface area contributed by atoms with Crippen LogP contribution in [0.25, 0.3) is 0 Å². The largest absolute Gasteiger partial charge is 0.158 e. The molecule has 0 fully saturated rings. The first-order valence-corrected chi connectivity index (χ1v) is 4.84. The minimum absolute atomic E-state index is 1.04. The molecule has 0 aromatic carbocycles. The fourth-order valence-corrected chi connectivity index (χ4v) is 1.41. The van der Waals surface area contributed by atoms with Crippen LogP contribution in [-0.2, 0) is 0 Å². The second-order valence-corrected chi connectivity index (χ2v) is 3.79. The van der Waals surface area contributed by atoms with Crippen LogP contribution in [0.5, 0.6) is 0 Å². The smallest absolute Gasteiger partial charge is 0.0143 e. The van der Waals surface area contributed by atoms with Gasteiger partial charge in [0.05, 0.1) is 0 Å². The van der Waals surface area contributed by atoms with E-state index in [1.54, 1.807) is 0 Å². The van der Waals surface area contributed by atoms with Crippen molar-refractivity contribution in [2.45, 2.75) is 27.2 Å². The van der Waals surface area contributed by atoms with E-state index in [2.05, 4.69) is 27.7 Å². The van der Waals surface area contributed by atoms with Crippen LogP contribution in [0.2, 0.25) is 0 Å². The van der Waals surface area contributed by atoms with Crippen molar-refractivity contribution in [3.63, 3.8) is 0 Å². The average molecular weight is 157 g/mol. The van der Waals surface area contributed by atoms with Gasteiger partial charge in [-0.1, -0.05) is 18.1 Å². The van der Waals surface area contributed by atoms with Gasteiger partial charge in [0, 0.05) is 5.75 Å². The van der Waals surface area contributed by atoms with E-state index in [1.807, 2.05) is 11.8 Å². The molecule has 0 aromatic heterocycles. The van der Waals surface area contributed by atoms with Crippen LogP contribution in [0.4, 0.5) is 0 Å². The molecular weight excluding hydrogens is 140 g/mol. The second-order valence-electron chi connectivity index (χ2n) is 2.69. The normalized spacial score (nSPS) is 9.60. The van der Waals surface area contributed by atoms with Crippen LogP contribution >= 0.6 is 11.8 Å². The van der Waals surface area contributed by atoms with E-state index < -0.39 is 0 Å². The highest BCUT2D eigenvalue weighted by atomic mass is 32.2. The fraction of sp³-hybridized carbons (Fsp3) is 0.667. The summed E-state index contributed by atoms with van der Waals surface area (Å²) in [6.07, 6.45) is 1.04. The van der Waals surface area contributed by atoms with Crippen LogP contribution in [-0.4, -0.2) is 11.5 Å². The van der Waals surface area contributed by atoms with E-state index in [0.717, 1.165) is 6.42 Å². The summed E-state index contributed by atoms with van der Waals surface area (Å²) < 4.78 is 0. The zero-order valence-electron chi connectivity index (χ0n) is 7.24. The number of allylic oxidation sites excluding steroid dienone is 1. The maximum atomic E-state index is 3.79. The van der Waals surface area contributed by atoms with Gasteiger partial charge >= 0.3 is 0 Å². The lowest BCUT2D eigenvalue weighted by Crippen LogP contribution is -1.86. The molecule has 0 heterocycles. The van der Waals surface area contributed by atoms with E-state index in [4.69, 9.17) is 0 Å². The van der Waals surface area contributed by atoms with Crippen LogP contribution < -0.4 is 0 Å². The van der Waals surface area contributed by atoms with E-state index in [1.165, 1.54) is 22.7 Å². The predicted octanol–water partition coefficient (Wildman–Crippen LogP) is 3.30. The third kappa shape index (κ3) is 4.92. The number of thioether (sulfide) groups is 1. The molecule has 0 aliphatic carbocycles. The highest BCUT2D eigenvalue weighted by molar-refractivity contribution is 7.99. The van der Waals surface area contributed by atoms with Gasteiger partial charge in [0.2, 0.25) is 0 Å². The van der Waals surface area contributed by atoms with Gasteiger partial charge in [-0.25, -0.2) is 0 Å². The summed E-state index contributed by atoms with van der Waals surface area (Å²) >= 11 is 1.97. The summed E-state index contributed by atoms with van der Waals surface area (Å²) in [5, 5.41) is 0. The molecule has 0 unspecified atom stereocenters. The predicted molar refractivity (Wildman–Crippen MR) is 51.3 cm³/mol. The number of hydrogen-bond acceptors (Lipinski definition) is 1. The van der Waals surface area contributed by atoms with Crippen molar-refractivity contribution in [1.82, 2.24) is 0 Å². The Morgan fingerprint density at radius 2 is 1.90 bits per heavy atom. The summed E-state index contributed by atoms with van der Waals surface area (Å²) in [4.78, 5) is 0. The Labute approximate surface area is 69.1 Å². The van der Waals surface area contributed by atoms with E-state index in [9.17, 15) is 0 Å². The van der Waals surface area contributed by atoms with Crippen molar-refractivity contribution >= 4 is 11.8 Å². The first-order chi connectivity index (χ1) is 4.68. The molecule has 1 heteroatoms. The van der Waals surface area contributed by atoms with Crippen LogP contribution in [0.1, 0.15) is 27.2 Å². The lowest BCUT2D eigenvalue weighted by molar-refractivity contribution is 1.22. The van der Waals surface area contributed by atoms with Gasteiger partial charge in [0.1, 0.15) is 0 Å². The minimum atomic E-state index is 1.04. The molecule has 0 aliphatic rings. The Balaban J connectivity index is 3.40. The lowest BCUT2D eigenvalue weighted by atomic mass is 10.2. The lowest BCUT2D eigenvalue weighted by Gasteiger charge is -2.01. The minimum Gasteiger partial charge on any atom is -0.158 e. The summed E-state index contributed by atoms with van der Waals surface area (Å²) in [5.41, 5.74) is 2.97. The molecule has 0 saturated heterocycles. The van der Waals surface area contributed by atoms with E-state index >= 15 is 0 Å². The number of hydrogen-bond donors (Lipinski definition) is 0. The molecule has 0 saturated carbocycles. The molecule has 0 rings (SSSR count). The fourth-order valence-electron chi connectivity index (χ4n) is 0.472. The first-order valence-electron chi connectivity index (χ1n) is 3.68. The highest BCUT2D eigenvalue weighted by Gasteiger charge is 1.91. The molecule has 10 heavy (non-hydrogen) atoms. The Hall–Kier alpha value is 0.0900. The van der Waals surface area contributed by atoms with Gasteiger partial charge in [-0.15, -0.1) is 0 Å². The van der Waals surface area contributed by atoms with Gasteiger partial charge in [0.15, 0.2) is 0 Å². The zero-order chi connectivity index (χ0) is 7.98. The number of rotatable bonds is 4. The maximum absolute atomic E-state index is 3.79.